The second-order valence-corrected chi connectivity index (χ2v) is 6.70. The maximum Gasteiger partial charge on any atom is 0.251 e. The molecular formula is C19H29Cl2N5O2. The Morgan fingerprint density at radius 2 is 1.68 bits per heavy atom. The van der Waals surface area contributed by atoms with Gasteiger partial charge in [-0.25, -0.2) is 0 Å². The van der Waals surface area contributed by atoms with Crippen molar-refractivity contribution in [3.05, 3.63) is 33.8 Å². The Morgan fingerprint density at radius 3 is 2.29 bits per heavy atom. The minimum absolute atomic E-state index is 0.0958. The van der Waals surface area contributed by atoms with E-state index in [1.54, 1.807) is 17.0 Å². The number of carbonyl (C=O) groups is 2. The number of carbonyl (C=O) groups excluding carboxylic acids is 2. The first-order valence-electron chi connectivity index (χ1n) is 9.46. The van der Waals surface area contributed by atoms with Crippen molar-refractivity contribution in [2.75, 3.05) is 39.3 Å². The maximum absolute atomic E-state index is 12.1. The monoisotopic (exact) mass is 429 g/mol. The molecule has 0 radical (unpaired) electrons. The Hall–Kier alpha value is -1.99. The Labute approximate surface area is 176 Å². The average Bonchev–Trinajstić information content (AvgIpc) is 2.68. The Bertz CT molecular complexity index is 678. The highest BCUT2D eigenvalue weighted by atomic mass is 35.5. The van der Waals surface area contributed by atoms with Gasteiger partial charge in [-0.05, 0) is 39.0 Å². The standard InChI is InChI=1S/C19H29Cl2N5O2/c1-4-22-19(24-10-9-17(27)26(5-2)6-3)25-12-11-23-18(28)14-7-8-15(20)16(21)13-14/h7-8,13H,4-6,9-12H2,1-3H3,(H,23,28)(H2,22,24,25). The van der Waals surface area contributed by atoms with Crippen LogP contribution in [-0.4, -0.2) is 61.9 Å². The number of amides is 2. The highest BCUT2D eigenvalue weighted by Crippen LogP contribution is 2.22. The van der Waals surface area contributed by atoms with Crippen molar-refractivity contribution < 1.29 is 9.59 Å². The van der Waals surface area contributed by atoms with Crippen molar-refractivity contribution in [2.45, 2.75) is 27.2 Å². The lowest BCUT2D eigenvalue weighted by Gasteiger charge is -2.18. The third kappa shape index (κ3) is 8.35. The number of aliphatic imine (C=N–C) groups is 1. The van der Waals surface area contributed by atoms with Gasteiger partial charge in [-0.3, -0.25) is 14.6 Å². The molecule has 1 rings (SSSR count). The lowest BCUT2D eigenvalue weighted by atomic mass is 10.2. The van der Waals surface area contributed by atoms with Crippen LogP contribution < -0.4 is 16.0 Å². The molecule has 156 valence electrons. The van der Waals surface area contributed by atoms with E-state index in [0.29, 0.717) is 67.3 Å². The number of benzene rings is 1. The van der Waals surface area contributed by atoms with E-state index >= 15 is 0 Å². The van der Waals surface area contributed by atoms with Gasteiger partial charge in [-0.15, -0.1) is 0 Å². The van der Waals surface area contributed by atoms with Gasteiger partial charge in [-0.1, -0.05) is 23.2 Å². The summed E-state index contributed by atoms with van der Waals surface area (Å²) in [5.41, 5.74) is 0.449. The highest BCUT2D eigenvalue weighted by Gasteiger charge is 2.09. The smallest absolute Gasteiger partial charge is 0.251 e. The molecule has 7 nitrogen and oxygen atoms in total. The molecule has 0 unspecified atom stereocenters. The molecule has 2 amide bonds. The molecule has 0 aromatic heterocycles. The molecule has 0 bridgehead atoms. The third-order valence-electron chi connectivity index (χ3n) is 3.94. The zero-order chi connectivity index (χ0) is 20.9. The van der Waals surface area contributed by atoms with E-state index in [1.807, 2.05) is 20.8 Å². The second kappa shape index (κ2) is 13.2. The van der Waals surface area contributed by atoms with E-state index in [1.165, 1.54) is 6.07 Å². The fourth-order valence-electron chi connectivity index (χ4n) is 2.44. The van der Waals surface area contributed by atoms with E-state index in [0.717, 1.165) is 0 Å². The average molecular weight is 430 g/mol. The summed E-state index contributed by atoms with van der Waals surface area (Å²) in [6, 6.07) is 4.74. The quantitative estimate of drug-likeness (QED) is 0.303. The number of rotatable bonds is 10. The van der Waals surface area contributed by atoms with E-state index in [-0.39, 0.29) is 11.8 Å². The summed E-state index contributed by atoms with van der Waals surface area (Å²) in [6.45, 7) is 9.29. The molecule has 1 aromatic carbocycles. The van der Waals surface area contributed by atoms with Gasteiger partial charge in [0.1, 0.15) is 0 Å². The van der Waals surface area contributed by atoms with Gasteiger partial charge in [0.25, 0.3) is 5.91 Å². The largest absolute Gasteiger partial charge is 0.357 e. The minimum Gasteiger partial charge on any atom is -0.357 e. The van der Waals surface area contributed by atoms with E-state index in [2.05, 4.69) is 20.9 Å². The zero-order valence-corrected chi connectivity index (χ0v) is 18.2. The summed E-state index contributed by atoms with van der Waals surface area (Å²) < 4.78 is 0. The molecule has 0 saturated carbocycles. The van der Waals surface area contributed by atoms with Gasteiger partial charge in [0.15, 0.2) is 5.96 Å². The number of hydrogen-bond donors (Lipinski definition) is 3. The summed E-state index contributed by atoms with van der Waals surface area (Å²) in [4.78, 5) is 30.3. The summed E-state index contributed by atoms with van der Waals surface area (Å²) in [7, 11) is 0. The van der Waals surface area contributed by atoms with Crippen LogP contribution in [0.5, 0.6) is 0 Å². The molecule has 0 atom stereocenters. The number of guanidine groups is 1. The molecule has 9 heteroatoms. The fourth-order valence-corrected chi connectivity index (χ4v) is 2.73. The number of halogens is 2. The molecule has 3 N–H and O–H groups in total. The molecule has 1 aromatic rings. The van der Waals surface area contributed by atoms with Crippen molar-refractivity contribution >= 4 is 41.0 Å². The Kier molecular flexibility index (Phi) is 11.4. The van der Waals surface area contributed by atoms with Crippen molar-refractivity contribution in [2.24, 2.45) is 4.99 Å². The van der Waals surface area contributed by atoms with Gasteiger partial charge >= 0.3 is 0 Å². The zero-order valence-electron chi connectivity index (χ0n) is 16.6. The van der Waals surface area contributed by atoms with Crippen molar-refractivity contribution in [1.82, 2.24) is 20.9 Å². The molecule has 0 aliphatic heterocycles. The van der Waals surface area contributed by atoms with Crippen LogP contribution in [-0.2, 0) is 4.79 Å². The predicted molar refractivity (Wildman–Crippen MR) is 115 cm³/mol. The lowest BCUT2D eigenvalue weighted by Crippen LogP contribution is -2.41. The lowest BCUT2D eigenvalue weighted by molar-refractivity contribution is -0.130. The SMILES string of the molecule is CCNC(=NCCC(=O)N(CC)CC)NCCNC(=O)c1ccc(Cl)c(Cl)c1. The normalized spacial score (nSPS) is 11.1. The van der Waals surface area contributed by atoms with Crippen molar-refractivity contribution in [1.29, 1.82) is 0 Å². The fraction of sp³-hybridized carbons (Fsp3) is 0.526. The summed E-state index contributed by atoms with van der Waals surface area (Å²) in [5, 5.41) is 9.80. The topological polar surface area (TPSA) is 85.8 Å². The molecule has 0 heterocycles. The van der Waals surface area contributed by atoms with Gasteiger partial charge in [0, 0.05) is 44.7 Å². The molecule has 0 spiro atoms. The van der Waals surface area contributed by atoms with Crippen molar-refractivity contribution in [3.63, 3.8) is 0 Å². The van der Waals surface area contributed by atoms with Crippen LogP contribution in [0.3, 0.4) is 0 Å². The van der Waals surface area contributed by atoms with E-state index < -0.39 is 0 Å². The van der Waals surface area contributed by atoms with Gasteiger partial charge in [0.2, 0.25) is 5.91 Å². The molecule has 28 heavy (non-hydrogen) atoms. The van der Waals surface area contributed by atoms with E-state index in [9.17, 15) is 9.59 Å². The van der Waals surface area contributed by atoms with Gasteiger partial charge < -0.3 is 20.9 Å². The minimum atomic E-state index is -0.230. The van der Waals surface area contributed by atoms with Crippen LogP contribution in [0.1, 0.15) is 37.6 Å². The molecular weight excluding hydrogens is 401 g/mol. The van der Waals surface area contributed by atoms with Crippen molar-refractivity contribution in [3.8, 4) is 0 Å². The predicted octanol–water partition coefficient (Wildman–Crippen LogP) is 2.54. The Balaban J connectivity index is 2.42. The first-order valence-corrected chi connectivity index (χ1v) is 10.2. The molecule has 0 fully saturated rings. The van der Waals surface area contributed by atoms with Crippen LogP contribution in [0.4, 0.5) is 0 Å². The van der Waals surface area contributed by atoms with Crippen LogP contribution in [0, 0.1) is 0 Å². The maximum atomic E-state index is 12.1. The first kappa shape index (κ1) is 24.0. The number of hydrogen-bond acceptors (Lipinski definition) is 3. The molecule has 0 saturated heterocycles. The summed E-state index contributed by atoms with van der Waals surface area (Å²) in [5.74, 6) is 0.476. The second-order valence-electron chi connectivity index (χ2n) is 5.89. The van der Waals surface area contributed by atoms with Crippen LogP contribution in [0.15, 0.2) is 23.2 Å². The van der Waals surface area contributed by atoms with Gasteiger partial charge in [-0.2, -0.15) is 0 Å². The number of nitrogens with zero attached hydrogens (tertiary/aromatic N) is 2. The van der Waals surface area contributed by atoms with Crippen LogP contribution in [0.2, 0.25) is 10.0 Å². The molecule has 0 aliphatic rings. The first-order chi connectivity index (χ1) is 13.4. The number of nitrogens with one attached hydrogen (secondary N) is 3. The Morgan fingerprint density at radius 1 is 1.00 bits per heavy atom. The van der Waals surface area contributed by atoms with E-state index in [4.69, 9.17) is 23.2 Å². The summed E-state index contributed by atoms with van der Waals surface area (Å²) in [6.07, 6.45) is 0.367. The third-order valence-corrected chi connectivity index (χ3v) is 4.68. The summed E-state index contributed by atoms with van der Waals surface area (Å²) >= 11 is 11.8. The van der Waals surface area contributed by atoms with Crippen LogP contribution in [0.25, 0.3) is 0 Å². The molecule has 0 aliphatic carbocycles. The highest BCUT2D eigenvalue weighted by molar-refractivity contribution is 6.42. The van der Waals surface area contributed by atoms with Gasteiger partial charge in [0.05, 0.1) is 16.6 Å². The van der Waals surface area contributed by atoms with Crippen LogP contribution >= 0.6 is 23.2 Å².